The van der Waals surface area contributed by atoms with Gasteiger partial charge in [0.2, 0.25) is 0 Å². The fourth-order valence-corrected chi connectivity index (χ4v) is 1.98. The SMILES string of the molecule is Cc1ccccc1C(C)(N)c1ccc(F)cn1. The number of nitrogens with zero attached hydrogens (tertiary/aromatic N) is 1. The lowest BCUT2D eigenvalue weighted by Gasteiger charge is -2.26. The Kier molecular flexibility index (Phi) is 2.94. The van der Waals surface area contributed by atoms with Crippen LogP contribution >= 0.6 is 0 Å². The van der Waals surface area contributed by atoms with Crippen LogP contribution in [-0.2, 0) is 5.54 Å². The molecule has 0 amide bonds. The Morgan fingerprint density at radius 1 is 1.18 bits per heavy atom. The molecule has 0 radical (unpaired) electrons. The summed E-state index contributed by atoms with van der Waals surface area (Å²) in [5.74, 6) is -0.352. The molecule has 1 aromatic carbocycles. The van der Waals surface area contributed by atoms with Crippen molar-refractivity contribution in [2.24, 2.45) is 5.73 Å². The van der Waals surface area contributed by atoms with E-state index in [-0.39, 0.29) is 5.82 Å². The summed E-state index contributed by atoms with van der Waals surface area (Å²) in [6.07, 6.45) is 1.19. The molecule has 3 heteroatoms. The first kappa shape index (κ1) is 11.7. The zero-order valence-electron chi connectivity index (χ0n) is 9.94. The van der Waals surface area contributed by atoms with Crippen LogP contribution in [0.25, 0.3) is 0 Å². The van der Waals surface area contributed by atoms with E-state index in [0.717, 1.165) is 11.1 Å². The lowest BCUT2D eigenvalue weighted by atomic mass is 9.86. The van der Waals surface area contributed by atoms with Crippen molar-refractivity contribution in [3.63, 3.8) is 0 Å². The first-order chi connectivity index (χ1) is 8.01. The molecule has 1 atom stereocenters. The molecule has 0 aliphatic rings. The molecule has 17 heavy (non-hydrogen) atoms. The van der Waals surface area contributed by atoms with E-state index in [0.29, 0.717) is 5.69 Å². The van der Waals surface area contributed by atoms with Gasteiger partial charge in [0.05, 0.1) is 17.4 Å². The van der Waals surface area contributed by atoms with E-state index < -0.39 is 5.54 Å². The lowest BCUT2D eigenvalue weighted by molar-refractivity contribution is 0.565. The van der Waals surface area contributed by atoms with E-state index in [9.17, 15) is 4.39 Å². The maximum Gasteiger partial charge on any atom is 0.141 e. The molecular formula is C14H15FN2. The summed E-state index contributed by atoms with van der Waals surface area (Å²) in [5.41, 5.74) is 8.38. The van der Waals surface area contributed by atoms with Crippen LogP contribution in [0.3, 0.4) is 0 Å². The molecule has 0 saturated carbocycles. The quantitative estimate of drug-likeness (QED) is 0.861. The minimum atomic E-state index is -0.709. The summed E-state index contributed by atoms with van der Waals surface area (Å²) in [7, 11) is 0. The number of pyridine rings is 1. The molecule has 1 aromatic heterocycles. The van der Waals surface area contributed by atoms with Gasteiger partial charge in [-0.1, -0.05) is 24.3 Å². The third-order valence-electron chi connectivity index (χ3n) is 2.96. The molecule has 1 heterocycles. The van der Waals surface area contributed by atoms with Gasteiger partial charge in [0.25, 0.3) is 0 Å². The van der Waals surface area contributed by atoms with Gasteiger partial charge in [-0.25, -0.2) is 4.39 Å². The molecule has 0 fully saturated rings. The lowest BCUT2D eigenvalue weighted by Crippen LogP contribution is -2.36. The smallest absolute Gasteiger partial charge is 0.141 e. The minimum Gasteiger partial charge on any atom is -0.317 e. The molecule has 0 aliphatic carbocycles. The Labute approximate surface area is 100 Å². The fraction of sp³-hybridized carbons (Fsp3) is 0.214. The van der Waals surface area contributed by atoms with Crippen LogP contribution in [0.15, 0.2) is 42.6 Å². The first-order valence-corrected chi connectivity index (χ1v) is 5.49. The van der Waals surface area contributed by atoms with E-state index in [1.165, 1.54) is 12.3 Å². The summed E-state index contributed by atoms with van der Waals surface area (Å²) in [6, 6.07) is 10.9. The van der Waals surface area contributed by atoms with E-state index in [1.807, 2.05) is 38.1 Å². The van der Waals surface area contributed by atoms with Crippen molar-refractivity contribution in [2.75, 3.05) is 0 Å². The molecule has 0 saturated heterocycles. The second-order valence-corrected chi connectivity index (χ2v) is 4.38. The highest BCUT2D eigenvalue weighted by Gasteiger charge is 2.26. The zero-order chi connectivity index (χ0) is 12.5. The van der Waals surface area contributed by atoms with Gasteiger partial charge in [-0.05, 0) is 37.1 Å². The molecule has 2 nitrogen and oxygen atoms in total. The second kappa shape index (κ2) is 4.26. The third-order valence-corrected chi connectivity index (χ3v) is 2.96. The maximum atomic E-state index is 12.9. The predicted molar refractivity (Wildman–Crippen MR) is 66.0 cm³/mol. The molecule has 88 valence electrons. The van der Waals surface area contributed by atoms with Crippen LogP contribution in [0.1, 0.15) is 23.7 Å². The average molecular weight is 230 g/mol. The monoisotopic (exact) mass is 230 g/mol. The summed E-state index contributed by atoms with van der Waals surface area (Å²) < 4.78 is 12.9. The van der Waals surface area contributed by atoms with Gasteiger partial charge in [0.15, 0.2) is 0 Å². The number of benzene rings is 1. The first-order valence-electron chi connectivity index (χ1n) is 5.49. The Morgan fingerprint density at radius 3 is 2.47 bits per heavy atom. The minimum absolute atomic E-state index is 0.352. The van der Waals surface area contributed by atoms with Crippen molar-refractivity contribution in [2.45, 2.75) is 19.4 Å². The third kappa shape index (κ3) is 2.19. The van der Waals surface area contributed by atoms with Crippen LogP contribution in [0.2, 0.25) is 0 Å². The number of aryl methyl sites for hydroxylation is 1. The standard InChI is InChI=1S/C14H15FN2/c1-10-5-3-4-6-12(10)14(2,16)13-8-7-11(15)9-17-13/h3-9H,16H2,1-2H3. The van der Waals surface area contributed by atoms with Crippen molar-refractivity contribution in [1.29, 1.82) is 0 Å². The molecule has 0 aliphatic heterocycles. The topological polar surface area (TPSA) is 38.9 Å². The number of nitrogens with two attached hydrogens (primary N) is 1. The highest BCUT2D eigenvalue weighted by atomic mass is 19.1. The Balaban J connectivity index is 2.49. The summed E-state index contributed by atoms with van der Waals surface area (Å²) in [5, 5.41) is 0. The van der Waals surface area contributed by atoms with Crippen LogP contribution < -0.4 is 5.73 Å². The van der Waals surface area contributed by atoms with Crippen molar-refractivity contribution < 1.29 is 4.39 Å². The van der Waals surface area contributed by atoms with Gasteiger partial charge in [-0.15, -0.1) is 0 Å². The molecule has 2 N–H and O–H groups in total. The van der Waals surface area contributed by atoms with Crippen molar-refractivity contribution in [1.82, 2.24) is 4.98 Å². The fourth-order valence-electron chi connectivity index (χ4n) is 1.98. The number of aromatic nitrogens is 1. The average Bonchev–Trinajstić information content (AvgIpc) is 2.30. The van der Waals surface area contributed by atoms with Gasteiger partial charge >= 0.3 is 0 Å². The van der Waals surface area contributed by atoms with Gasteiger partial charge in [0.1, 0.15) is 5.82 Å². The predicted octanol–water partition coefficient (Wildman–Crippen LogP) is 2.75. The van der Waals surface area contributed by atoms with Gasteiger partial charge in [-0.2, -0.15) is 0 Å². The largest absolute Gasteiger partial charge is 0.317 e. The van der Waals surface area contributed by atoms with Crippen LogP contribution in [-0.4, -0.2) is 4.98 Å². The number of rotatable bonds is 2. The normalized spacial score (nSPS) is 14.4. The highest BCUT2D eigenvalue weighted by Crippen LogP contribution is 2.27. The maximum absolute atomic E-state index is 12.9. The Hall–Kier alpha value is -1.74. The number of halogens is 1. The molecule has 1 unspecified atom stereocenters. The van der Waals surface area contributed by atoms with Crippen molar-refractivity contribution in [3.05, 3.63) is 65.2 Å². The zero-order valence-corrected chi connectivity index (χ0v) is 9.94. The number of hydrogen-bond acceptors (Lipinski definition) is 2. The van der Waals surface area contributed by atoms with E-state index in [2.05, 4.69) is 4.98 Å². The van der Waals surface area contributed by atoms with E-state index in [1.54, 1.807) is 6.07 Å². The van der Waals surface area contributed by atoms with Crippen molar-refractivity contribution >= 4 is 0 Å². The molecule has 0 spiro atoms. The van der Waals surface area contributed by atoms with Crippen molar-refractivity contribution in [3.8, 4) is 0 Å². The van der Waals surface area contributed by atoms with Gasteiger partial charge in [0, 0.05) is 0 Å². The Bertz CT molecular complexity index is 518. The van der Waals surface area contributed by atoms with Crippen LogP contribution in [0.5, 0.6) is 0 Å². The molecule has 2 rings (SSSR count). The Morgan fingerprint density at radius 2 is 1.88 bits per heavy atom. The highest BCUT2D eigenvalue weighted by molar-refractivity contribution is 5.38. The van der Waals surface area contributed by atoms with Crippen LogP contribution in [0, 0.1) is 12.7 Å². The number of hydrogen-bond donors (Lipinski definition) is 1. The summed E-state index contributed by atoms with van der Waals surface area (Å²) in [4.78, 5) is 4.07. The summed E-state index contributed by atoms with van der Waals surface area (Å²) in [6.45, 7) is 3.89. The van der Waals surface area contributed by atoms with Gasteiger partial charge in [-0.3, -0.25) is 4.98 Å². The van der Waals surface area contributed by atoms with Gasteiger partial charge < -0.3 is 5.73 Å². The summed E-state index contributed by atoms with van der Waals surface area (Å²) >= 11 is 0. The molecule has 2 aromatic rings. The molecular weight excluding hydrogens is 215 g/mol. The van der Waals surface area contributed by atoms with E-state index >= 15 is 0 Å². The van der Waals surface area contributed by atoms with E-state index in [4.69, 9.17) is 5.73 Å². The van der Waals surface area contributed by atoms with Crippen LogP contribution in [0.4, 0.5) is 4.39 Å². The second-order valence-electron chi connectivity index (χ2n) is 4.38. The molecule has 0 bridgehead atoms.